The van der Waals surface area contributed by atoms with Crippen LogP contribution in [0.4, 0.5) is 11.4 Å². The first-order valence-electron chi connectivity index (χ1n) is 7.60. The number of nitrogens with zero attached hydrogens (tertiary/aromatic N) is 1. The number of benzene rings is 1. The van der Waals surface area contributed by atoms with Crippen molar-refractivity contribution in [3.8, 4) is 0 Å². The van der Waals surface area contributed by atoms with Gasteiger partial charge in [-0.15, -0.1) is 0 Å². The summed E-state index contributed by atoms with van der Waals surface area (Å²) in [5.41, 5.74) is 7.54. The van der Waals surface area contributed by atoms with Crippen molar-refractivity contribution in [2.75, 3.05) is 30.7 Å². The molecule has 5 N–H and O–H groups in total. The highest BCUT2D eigenvalue weighted by Gasteiger charge is 2.28. The largest absolute Gasteiger partial charge is 0.395 e. The van der Waals surface area contributed by atoms with E-state index < -0.39 is 5.60 Å². The topological polar surface area (TPSA) is 83.2 Å². The average molecular weight is 321 g/mol. The molecule has 0 saturated carbocycles. The Morgan fingerprint density at radius 3 is 2.82 bits per heavy atom. The molecule has 6 heteroatoms. The minimum absolute atomic E-state index is 0.307. The van der Waals surface area contributed by atoms with Crippen LogP contribution in [0.5, 0.6) is 0 Å². The van der Waals surface area contributed by atoms with Crippen LogP contribution in [-0.4, -0.2) is 35.3 Å². The van der Waals surface area contributed by atoms with Crippen LogP contribution in [0.1, 0.15) is 19.3 Å². The summed E-state index contributed by atoms with van der Waals surface area (Å²) in [6, 6.07) is 7.75. The van der Waals surface area contributed by atoms with Crippen molar-refractivity contribution < 1.29 is 5.11 Å². The lowest BCUT2D eigenvalue weighted by Crippen LogP contribution is -2.42. The van der Waals surface area contributed by atoms with Crippen molar-refractivity contribution in [1.82, 2.24) is 10.3 Å². The van der Waals surface area contributed by atoms with Crippen LogP contribution in [0.25, 0.3) is 10.9 Å². The van der Waals surface area contributed by atoms with E-state index in [0.29, 0.717) is 23.8 Å². The minimum atomic E-state index is -0.598. The van der Waals surface area contributed by atoms with Gasteiger partial charge in [-0.2, -0.15) is 0 Å². The molecule has 0 bridgehead atoms. The summed E-state index contributed by atoms with van der Waals surface area (Å²) in [5, 5.41) is 18.4. The van der Waals surface area contributed by atoms with E-state index >= 15 is 0 Å². The molecule has 0 amide bonds. The third-order valence-electron chi connectivity index (χ3n) is 4.31. The van der Waals surface area contributed by atoms with Crippen LogP contribution >= 0.6 is 11.6 Å². The second kappa shape index (κ2) is 6.28. The third-order valence-corrected chi connectivity index (χ3v) is 4.60. The standard InChI is InChI=1S/C16H21ClN4O/c17-15-13(18)14(11-3-1-2-4-12(11)21-15)20-10-7-16(22)5-8-19-9-6-16/h1-4,19,22H,5-10,18H2,(H,20,21). The molecule has 2 heterocycles. The number of rotatable bonds is 4. The van der Waals surface area contributed by atoms with Gasteiger partial charge in [0.1, 0.15) is 0 Å². The molecule has 1 fully saturated rings. The van der Waals surface area contributed by atoms with Crippen molar-refractivity contribution >= 4 is 33.9 Å². The van der Waals surface area contributed by atoms with Crippen molar-refractivity contribution in [3.63, 3.8) is 0 Å². The highest BCUT2D eigenvalue weighted by molar-refractivity contribution is 6.33. The number of hydrogen-bond acceptors (Lipinski definition) is 5. The molecule has 2 aromatic rings. The Hall–Kier alpha value is -1.56. The van der Waals surface area contributed by atoms with E-state index in [1.165, 1.54) is 0 Å². The van der Waals surface area contributed by atoms with E-state index in [1.54, 1.807) is 0 Å². The number of nitrogen functional groups attached to an aromatic ring is 1. The minimum Gasteiger partial charge on any atom is -0.395 e. The SMILES string of the molecule is Nc1c(Cl)nc2ccccc2c1NCCC1(O)CCNCC1. The summed E-state index contributed by atoms with van der Waals surface area (Å²) in [5.74, 6) is 0. The highest BCUT2D eigenvalue weighted by Crippen LogP contribution is 2.33. The molecule has 0 radical (unpaired) electrons. The molecule has 0 unspecified atom stereocenters. The molecule has 1 aliphatic heterocycles. The molecule has 3 rings (SSSR count). The third kappa shape index (κ3) is 3.11. The van der Waals surface area contributed by atoms with E-state index in [9.17, 15) is 5.11 Å². The number of hydrogen-bond donors (Lipinski definition) is 4. The Morgan fingerprint density at radius 1 is 1.32 bits per heavy atom. The molecule has 22 heavy (non-hydrogen) atoms. The van der Waals surface area contributed by atoms with Gasteiger partial charge in [0.25, 0.3) is 0 Å². The van der Waals surface area contributed by atoms with Gasteiger partial charge >= 0.3 is 0 Å². The van der Waals surface area contributed by atoms with Gasteiger partial charge in [0.15, 0.2) is 5.15 Å². The number of halogens is 1. The summed E-state index contributed by atoms with van der Waals surface area (Å²) in [4.78, 5) is 4.29. The van der Waals surface area contributed by atoms with Crippen LogP contribution in [-0.2, 0) is 0 Å². The Labute approximate surface area is 134 Å². The number of para-hydroxylation sites is 1. The average Bonchev–Trinajstić information content (AvgIpc) is 2.52. The quantitative estimate of drug-likeness (QED) is 0.650. The Kier molecular flexibility index (Phi) is 4.38. The van der Waals surface area contributed by atoms with Crippen molar-refractivity contribution in [3.05, 3.63) is 29.4 Å². The van der Waals surface area contributed by atoms with Crippen LogP contribution in [0.3, 0.4) is 0 Å². The van der Waals surface area contributed by atoms with Gasteiger partial charge in [-0.05, 0) is 38.4 Å². The molecular formula is C16H21ClN4O. The molecule has 0 spiro atoms. The molecule has 5 nitrogen and oxygen atoms in total. The van der Waals surface area contributed by atoms with Gasteiger partial charge < -0.3 is 21.5 Å². The number of anilines is 2. The van der Waals surface area contributed by atoms with Crippen LogP contribution < -0.4 is 16.4 Å². The van der Waals surface area contributed by atoms with Gasteiger partial charge in [0.05, 0.1) is 22.5 Å². The predicted octanol–water partition coefficient (Wildman–Crippen LogP) is 2.39. The van der Waals surface area contributed by atoms with E-state index in [-0.39, 0.29) is 0 Å². The lowest BCUT2D eigenvalue weighted by atomic mass is 9.89. The molecule has 1 aromatic heterocycles. The maximum Gasteiger partial charge on any atom is 0.154 e. The number of fused-ring (bicyclic) bond motifs is 1. The number of aliphatic hydroxyl groups is 1. The van der Waals surface area contributed by atoms with Gasteiger partial charge in [-0.3, -0.25) is 0 Å². The maximum atomic E-state index is 10.5. The first kappa shape index (κ1) is 15.3. The molecule has 118 valence electrons. The summed E-state index contributed by atoms with van der Waals surface area (Å²) < 4.78 is 0. The fraction of sp³-hybridized carbons (Fsp3) is 0.438. The smallest absolute Gasteiger partial charge is 0.154 e. The highest BCUT2D eigenvalue weighted by atomic mass is 35.5. The number of nitrogens with one attached hydrogen (secondary N) is 2. The Balaban J connectivity index is 1.77. The molecular weight excluding hydrogens is 300 g/mol. The zero-order valence-corrected chi connectivity index (χ0v) is 13.2. The monoisotopic (exact) mass is 320 g/mol. The lowest BCUT2D eigenvalue weighted by molar-refractivity contribution is 0.00574. The van der Waals surface area contributed by atoms with Crippen LogP contribution in [0, 0.1) is 0 Å². The Morgan fingerprint density at radius 2 is 2.05 bits per heavy atom. The molecule has 1 aliphatic rings. The van der Waals surface area contributed by atoms with E-state index in [1.807, 2.05) is 24.3 Å². The fourth-order valence-corrected chi connectivity index (χ4v) is 3.14. The zero-order valence-electron chi connectivity index (χ0n) is 12.4. The van der Waals surface area contributed by atoms with Gasteiger partial charge in [-0.1, -0.05) is 29.8 Å². The summed E-state index contributed by atoms with van der Waals surface area (Å²) in [7, 11) is 0. The first-order valence-corrected chi connectivity index (χ1v) is 7.98. The van der Waals surface area contributed by atoms with Crippen molar-refractivity contribution in [1.29, 1.82) is 0 Å². The number of nitrogens with two attached hydrogens (primary N) is 1. The van der Waals surface area contributed by atoms with Gasteiger partial charge in [-0.25, -0.2) is 4.98 Å². The summed E-state index contributed by atoms with van der Waals surface area (Å²) in [6.45, 7) is 2.37. The number of aromatic nitrogens is 1. The second-order valence-corrected chi connectivity index (χ2v) is 6.22. The summed E-state index contributed by atoms with van der Waals surface area (Å²) >= 11 is 6.11. The number of pyridine rings is 1. The van der Waals surface area contributed by atoms with E-state index in [0.717, 1.165) is 42.5 Å². The molecule has 0 atom stereocenters. The van der Waals surface area contributed by atoms with Gasteiger partial charge in [0.2, 0.25) is 0 Å². The normalized spacial score (nSPS) is 17.5. The molecule has 1 saturated heterocycles. The van der Waals surface area contributed by atoms with Crippen molar-refractivity contribution in [2.45, 2.75) is 24.9 Å². The fourth-order valence-electron chi connectivity index (χ4n) is 2.95. The van der Waals surface area contributed by atoms with Crippen LogP contribution in [0.2, 0.25) is 5.15 Å². The predicted molar refractivity (Wildman–Crippen MR) is 91.3 cm³/mol. The van der Waals surface area contributed by atoms with Crippen LogP contribution in [0.15, 0.2) is 24.3 Å². The lowest BCUT2D eigenvalue weighted by Gasteiger charge is -2.32. The zero-order chi connectivity index (χ0) is 15.6. The van der Waals surface area contributed by atoms with E-state index in [4.69, 9.17) is 17.3 Å². The first-order chi connectivity index (χ1) is 10.6. The van der Waals surface area contributed by atoms with Gasteiger partial charge in [0, 0.05) is 11.9 Å². The van der Waals surface area contributed by atoms with E-state index in [2.05, 4.69) is 15.6 Å². The molecule has 1 aromatic carbocycles. The summed E-state index contributed by atoms with van der Waals surface area (Å²) in [6.07, 6.45) is 2.24. The second-order valence-electron chi connectivity index (χ2n) is 5.86. The molecule has 0 aliphatic carbocycles. The maximum absolute atomic E-state index is 10.5. The Bertz CT molecular complexity index is 670. The number of piperidine rings is 1. The van der Waals surface area contributed by atoms with Crippen molar-refractivity contribution in [2.24, 2.45) is 0 Å².